The van der Waals surface area contributed by atoms with E-state index in [0.29, 0.717) is 6.54 Å². The Balaban J connectivity index is 2.35. The van der Waals surface area contributed by atoms with Gasteiger partial charge in [0.25, 0.3) is 5.91 Å². The number of benzene rings is 1. The van der Waals surface area contributed by atoms with E-state index in [1.807, 2.05) is 37.3 Å². The van der Waals surface area contributed by atoms with Gasteiger partial charge in [-0.25, -0.2) is 4.39 Å². The van der Waals surface area contributed by atoms with Crippen LogP contribution < -0.4 is 4.90 Å². The Labute approximate surface area is 105 Å². The summed E-state index contributed by atoms with van der Waals surface area (Å²) in [6.07, 6.45) is 2.46. The van der Waals surface area contributed by atoms with Crippen LogP contribution in [0.4, 0.5) is 10.1 Å². The van der Waals surface area contributed by atoms with E-state index >= 15 is 0 Å². The number of anilines is 1. The molecule has 0 aliphatic rings. The minimum absolute atomic E-state index is 0.0377. The van der Waals surface area contributed by atoms with Crippen LogP contribution in [0.25, 0.3) is 0 Å². The molecule has 1 amide bonds. The van der Waals surface area contributed by atoms with Gasteiger partial charge < -0.3 is 4.90 Å². The number of carbonyl (C=O) groups excluding carboxylic acids is 1. The third-order valence-corrected chi connectivity index (χ3v) is 2.63. The van der Waals surface area contributed by atoms with Gasteiger partial charge in [-0.05, 0) is 25.1 Å². The molecule has 0 unspecified atom stereocenters. The van der Waals surface area contributed by atoms with Crippen molar-refractivity contribution in [1.82, 2.24) is 4.98 Å². The van der Waals surface area contributed by atoms with E-state index in [9.17, 15) is 9.18 Å². The first kappa shape index (κ1) is 12.2. The molecule has 0 radical (unpaired) electrons. The Morgan fingerprint density at radius 1 is 1.28 bits per heavy atom. The first-order chi connectivity index (χ1) is 8.74. The highest BCUT2D eigenvalue weighted by Crippen LogP contribution is 2.17. The summed E-state index contributed by atoms with van der Waals surface area (Å²) in [5, 5.41) is 0. The smallest absolute Gasteiger partial charge is 0.261 e. The lowest BCUT2D eigenvalue weighted by Crippen LogP contribution is -2.31. The molecule has 0 spiro atoms. The lowest BCUT2D eigenvalue weighted by molar-refractivity contribution is 0.0984. The van der Waals surface area contributed by atoms with Crippen LogP contribution >= 0.6 is 0 Å². The third kappa shape index (κ3) is 2.37. The predicted octanol–water partition coefficient (Wildman–Crippen LogP) is 2.89. The van der Waals surface area contributed by atoms with Crippen molar-refractivity contribution in [3.05, 3.63) is 60.2 Å². The first-order valence-electron chi connectivity index (χ1n) is 5.70. The lowest BCUT2D eigenvalue weighted by Gasteiger charge is -2.21. The molecule has 1 aromatic carbocycles. The number of nitrogens with zero attached hydrogens (tertiary/aromatic N) is 2. The minimum Gasteiger partial charge on any atom is -0.309 e. The normalized spacial score (nSPS) is 10.1. The van der Waals surface area contributed by atoms with Crippen molar-refractivity contribution in [2.24, 2.45) is 0 Å². The Morgan fingerprint density at radius 3 is 2.61 bits per heavy atom. The number of hydrogen-bond donors (Lipinski definition) is 0. The van der Waals surface area contributed by atoms with Crippen LogP contribution in [0.5, 0.6) is 0 Å². The Bertz CT molecular complexity index is 543. The lowest BCUT2D eigenvalue weighted by atomic mass is 10.2. The van der Waals surface area contributed by atoms with E-state index in [1.54, 1.807) is 0 Å². The van der Waals surface area contributed by atoms with Crippen molar-refractivity contribution in [2.75, 3.05) is 11.4 Å². The molecule has 92 valence electrons. The van der Waals surface area contributed by atoms with Gasteiger partial charge in [-0.3, -0.25) is 9.78 Å². The summed E-state index contributed by atoms with van der Waals surface area (Å²) < 4.78 is 13.5. The predicted molar refractivity (Wildman–Crippen MR) is 68.0 cm³/mol. The molecule has 1 heterocycles. The molecular weight excluding hydrogens is 231 g/mol. The number of carbonyl (C=O) groups is 1. The van der Waals surface area contributed by atoms with Gasteiger partial charge in [0.1, 0.15) is 0 Å². The van der Waals surface area contributed by atoms with Crippen LogP contribution in [0.1, 0.15) is 17.3 Å². The molecule has 0 fully saturated rings. The van der Waals surface area contributed by atoms with Crippen molar-refractivity contribution in [2.45, 2.75) is 6.92 Å². The molecule has 2 rings (SSSR count). The summed E-state index contributed by atoms with van der Waals surface area (Å²) in [7, 11) is 0. The van der Waals surface area contributed by atoms with E-state index in [-0.39, 0.29) is 11.5 Å². The van der Waals surface area contributed by atoms with Crippen molar-refractivity contribution < 1.29 is 9.18 Å². The molecule has 0 N–H and O–H groups in total. The van der Waals surface area contributed by atoms with Crippen LogP contribution in [0.3, 0.4) is 0 Å². The van der Waals surface area contributed by atoms with E-state index < -0.39 is 5.82 Å². The van der Waals surface area contributed by atoms with Crippen molar-refractivity contribution in [1.29, 1.82) is 0 Å². The third-order valence-electron chi connectivity index (χ3n) is 2.63. The molecule has 18 heavy (non-hydrogen) atoms. The van der Waals surface area contributed by atoms with Gasteiger partial charge in [-0.2, -0.15) is 0 Å². The van der Waals surface area contributed by atoms with Crippen LogP contribution in [0, 0.1) is 5.82 Å². The molecule has 0 aliphatic heterocycles. The molecule has 4 heteroatoms. The second kappa shape index (κ2) is 5.40. The highest BCUT2D eigenvalue weighted by Gasteiger charge is 2.18. The van der Waals surface area contributed by atoms with E-state index in [1.165, 1.54) is 17.2 Å². The molecule has 0 aliphatic carbocycles. The number of para-hydroxylation sites is 1. The van der Waals surface area contributed by atoms with Crippen LogP contribution in [0.15, 0.2) is 48.8 Å². The molecule has 2 aromatic rings. The summed E-state index contributed by atoms with van der Waals surface area (Å²) in [4.78, 5) is 17.4. The van der Waals surface area contributed by atoms with Gasteiger partial charge in [0.05, 0.1) is 11.8 Å². The summed E-state index contributed by atoms with van der Waals surface area (Å²) in [6.45, 7) is 2.33. The summed E-state index contributed by atoms with van der Waals surface area (Å²) in [6, 6.07) is 10.6. The molecule has 3 nitrogen and oxygen atoms in total. The summed E-state index contributed by atoms with van der Waals surface area (Å²) in [5.74, 6) is -0.958. The number of pyridine rings is 1. The Hall–Kier alpha value is -2.23. The van der Waals surface area contributed by atoms with Gasteiger partial charge in [-0.1, -0.05) is 18.2 Å². The Kier molecular flexibility index (Phi) is 3.67. The summed E-state index contributed by atoms with van der Waals surface area (Å²) in [5.41, 5.74) is 0.789. The molecule has 0 saturated carbocycles. The second-order valence-corrected chi connectivity index (χ2v) is 3.74. The standard InChI is InChI=1S/C14H13FN2O/c1-2-17(11-6-4-3-5-7-11)14(18)12-8-9-16-10-13(12)15/h3-10H,2H2,1H3. The van der Waals surface area contributed by atoms with Crippen LogP contribution in [-0.2, 0) is 0 Å². The van der Waals surface area contributed by atoms with Crippen LogP contribution in [0.2, 0.25) is 0 Å². The van der Waals surface area contributed by atoms with E-state index in [2.05, 4.69) is 4.98 Å². The average Bonchev–Trinajstić information content (AvgIpc) is 2.41. The van der Waals surface area contributed by atoms with Gasteiger partial charge in [0, 0.05) is 18.4 Å². The summed E-state index contributed by atoms with van der Waals surface area (Å²) >= 11 is 0. The fraction of sp³-hybridized carbons (Fsp3) is 0.143. The van der Waals surface area contributed by atoms with Crippen molar-refractivity contribution >= 4 is 11.6 Å². The van der Waals surface area contributed by atoms with Crippen molar-refractivity contribution in [3.63, 3.8) is 0 Å². The fourth-order valence-corrected chi connectivity index (χ4v) is 1.75. The van der Waals surface area contributed by atoms with Gasteiger partial charge in [0.15, 0.2) is 5.82 Å². The Morgan fingerprint density at radius 2 is 2.00 bits per heavy atom. The van der Waals surface area contributed by atoms with Gasteiger partial charge in [0.2, 0.25) is 0 Å². The fourth-order valence-electron chi connectivity index (χ4n) is 1.75. The molecule has 0 saturated heterocycles. The van der Waals surface area contributed by atoms with Gasteiger partial charge in [-0.15, -0.1) is 0 Å². The maximum absolute atomic E-state index is 13.5. The zero-order valence-corrected chi connectivity index (χ0v) is 10.0. The zero-order valence-electron chi connectivity index (χ0n) is 10.0. The number of amides is 1. The molecular formula is C14H13FN2O. The quantitative estimate of drug-likeness (QED) is 0.831. The number of halogens is 1. The molecule has 0 bridgehead atoms. The topological polar surface area (TPSA) is 33.2 Å². The number of aromatic nitrogens is 1. The second-order valence-electron chi connectivity index (χ2n) is 3.74. The maximum atomic E-state index is 13.5. The SMILES string of the molecule is CCN(C(=O)c1ccncc1F)c1ccccc1. The molecule has 0 atom stereocenters. The van der Waals surface area contributed by atoms with Crippen LogP contribution in [-0.4, -0.2) is 17.4 Å². The number of rotatable bonds is 3. The first-order valence-corrected chi connectivity index (χ1v) is 5.70. The largest absolute Gasteiger partial charge is 0.309 e. The zero-order chi connectivity index (χ0) is 13.0. The monoisotopic (exact) mass is 244 g/mol. The average molecular weight is 244 g/mol. The number of hydrogen-bond acceptors (Lipinski definition) is 2. The molecule has 1 aromatic heterocycles. The van der Waals surface area contributed by atoms with Crippen molar-refractivity contribution in [3.8, 4) is 0 Å². The van der Waals surface area contributed by atoms with Gasteiger partial charge >= 0.3 is 0 Å². The highest BCUT2D eigenvalue weighted by atomic mass is 19.1. The minimum atomic E-state index is -0.600. The highest BCUT2D eigenvalue weighted by molar-refractivity contribution is 6.06. The maximum Gasteiger partial charge on any atom is 0.261 e. The van der Waals surface area contributed by atoms with E-state index in [0.717, 1.165) is 11.9 Å². The van der Waals surface area contributed by atoms with E-state index in [4.69, 9.17) is 0 Å².